The van der Waals surface area contributed by atoms with E-state index in [9.17, 15) is 19.5 Å². The van der Waals surface area contributed by atoms with Gasteiger partial charge in [0.05, 0.1) is 23.4 Å². The summed E-state index contributed by atoms with van der Waals surface area (Å²) in [4.78, 5) is 37.3. The van der Waals surface area contributed by atoms with Gasteiger partial charge >= 0.3 is 5.97 Å². The van der Waals surface area contributed by atoms with E-state index in [0.29, 0.717) is 23.5 Å². The van der Waals surface area contributed by atoms with Crippen LogP contribution in [0.25, 0.3) is 11.3 Å². The van der Waals surface area contributed by atoms with Gasteiger partial charge in [-0.1, -0.05) is 36.4 Å². The molecule has 0 bridgehead atoms. The Morgan fingerprint density at radius 2 is 1.77 bits per heavy atom. The summed E-state index contributed by atoms with van der Waals surface area (Å²) in [5.74, 6) is -1.78. The highest BCUT2D eigenvalue weighted by Gasteiger charge is 2.38. The Kier molecular flexibility index (Phi) is 4.58. The number of carboxylic acid groups (broad SMARTS) is 1. The number of hydrogen-bond acceptors (Lipinski definition) is 4. The number of carbonyl (C=O) groups is 3. The van der Waals surface area contributed by atoms with Crippen LogP contribution in [0.1, 0.15) is 35.3 Å². The van der Waals surface area contributed by atoms with Gasteiger partial charge in [-0.3, -0.25) is 9.59 Å². The van der Waals surface area contributed by atoms with Crippen molar-refractivity contribution in [3.05, 3.63) is 65.2 Å². The highest BCUT2D eigenvalue weighted by Crippen LogP contribution is 2.41. The molecule has 1 heterocycles. The van der Waals surface area contributed by atoms with Crippen molar-refractivity contribution in [2.45, 2.75) is 13.8 Å². The molecule has 6 nitrogen and oxygen atoms in total. The van der Waals surface area contributed by atoms with Gasteiger partial charge in [0.1, 0.15) is 5.76 Å². The second kappa shape index (κ2) is 6.84. The van der Waals surface area contributed by atoms with Crippen molar-refractivity contribution in [2.24, 2.45) is 0 Å². The van der Waals surface area contributed by atoms with E-state index in [4.69, 9.17) is 4.74 Å². The van der Waals surface area contributed by atoms with E-state index in [1.165, 1.54) is 25.1 Å². The summed E-state index contributed by atoms with van der Waals surface area (Å²) >= 11 is 0. The topological polar surface area (TPSA) is 83.9 Å². The summed E-state index contributed by atoms with van der Waals surface area (Å²) in [6.45, 7) is 3.41. The van der Waals surface area contributed by atoms with Crippen LogP contribution in [-0.4, -0.2) is 29.5 Å². The number of rotatable bonds is 4. The maximum absolute atomic E-state index is 13.0. The summed E-state index contributed by atoms with van der Waals surface area (Å²) in [5, 5.41) is 9.22. The zero-order chi connectivity index (χ0) is 18.8. The number of amides is 2. The zero-order valence-corrected chi connectivity index (χ0v) is 14.4. The van der Waals surface area contributed by atoms with E-state index in [-0.39, 0.29) is 16.8 Å². The van der Waals surface area contributed by atoms with Crippen LogP contribution in [0.3, 0.4) is 0 Å². The fourth-order valence-corrected chi connectivity index (χ4v) is 2.96. The van der Waals surface area contributed by atoms with Gasteiger partial charge in [0.15, 0.2) is 0 Å². The summed E-state index contributed by atoms with van der Waals surface area (Å²) < 4.78 is 5.75. The Balaban J connectivity index is 2.30. The van der Waals surface area contributed by atoms with Crippen LogP contribution in [0, 0.1) is 0 Å². The quantitative estimate of drug-likeness (QED) is 0.675. The largest absolute Gasteiger partial charge is 0.492 e. The summed E-state index contributed by atoms with van der Waals surface area (Å²) in [7, 11) is 0. The summed E-state index contributed by atoms with van der Waals surface area (Å²) in [6.07, 6.45) is 0. The molecule has 2 aromatic carbocycles. The van der Waals surface area contributed by atoms with Crippen LogP contribution in [0.2, 0.25) is 0 Å². The predicted octanol–water partition coefficient (Wildman–Crippen LogP) is 3.18. The van der Waals surface area contributed by atoms with Crippen LogP contribution in [-0.2, 0) is 14.3 Å². The fraction of sp³-hybridized carbons (Fsp3) is 0.150. The predicted molar refractivity (Wildman–Crippen MR) is 96.5 cm³/mol. The molecule has 1 N–H and O–H groups in total. The van der Waals surface area contributed by atoms with Crippen molar-refractivity contribution in [3.63, 3.8) is 0 Å². The Morgan fingerprint density at radius 1 is 1.08 bits per heavy atom. The molecule has 0 spiro atoms. The van der Waals surface area contributed by atoms with Crippen LogP contribution >= 0.6 is 0 Å². The van der Waals surface area contributed by atoms with E-state index >= 15 is 0 Å². The van der Waals surface area contributed by atoms with E-state index in [2.05, 4.69) is 0 Å². The Labute approximate surface area is 150 Å². The minimum Gasteiger partial charge on any atom is -0.492 e. The number of imide groups is 1. The van der Waals surface area contributed by atoms with Gasteiger partial charge in [0, 0.05) is 18.1 Å². The second-order valence-corrected chi connectivity index (χ2v) is 5.70. The molecule has 6 heteroatoms. The minimum absolute atomic E-state index is 0.00159. The van der Waals surface area contributed by atoms with Gasteiger partial charge in [-0.25, -0.2) is 9.69 Å². The van der Waals surface area contributed by atoms with Crippen molar-refractivity contribution in [1.29, 1.82) is 0 Å². The van der Waals surface area contributed by atoms with Crippen LogP contribution < -0.4 is 4.90 Å². The number of fused-ring (bicyclic) bond motifs is 1. The van der Waals surface area contributed by atoms with E-state index in [0.717, 1.165) is 4.90 Å². The first kappa shape index (κ1) is 17.4. The van der Waals surface area contributed by atoms with E-state index < -0.39 is 17.8 Å². The number of carboxylic acids is 1. The molecule has 26 heavy (non-hydrogen) atoms. The summed E-state index contributed by atoms with van der Waals surface area (Å²) in [5.41, 5.74) is 1.69. The molecular formula is C20H17NO5. The lowest BCUT2D eigenvalue weighted by Gasteiger charge is -2.13. The van der Waals surface area contributed by atoms with Crippen molar-refractivity contribution in [3.8, 4) is 0 Å². The maximum Gasteiger partial charge on any atom is 0.335 e. The molecular weight excluding hydrogens is 334 g/mol. The molecule has 0 aliphatic carbocycles. The minimum atomic E-state index is -1.13. The SMILES string of the molecule is CCOC(=C1C(=O)N(C(C)=O)c2cc(C(=O)O)ccc21)c1ccccc1. The van der Waals surface area contributed by atoms with Crippen LogP contribution in [0.15, 0.2) is 48.5 Å². The average Bonchev–Trinajstić information content (AvgIpc) is 2.91. The lowest BCUT2D eigenvalue weighted by atomic mass is 10.0. The van der Waals surface area contributed by atoms with Crippen molar-refractivity contribution >= 4 is 34.8 Å². The molecule has 132 valence electrons. The average molecular weight is 351 g/mol. The third kappa shape index (κ3) is 2.86. The molecule has 2 aromatic rings. The van der Waals surface area contributed by atoms with Crippen LogP contribution in [0.5, 0.6) is 0 Å². The first-order valence-electron chi connectivity index (χ1n) is 8.11. The number of carbonyl (C=O) groups excluding carboxylic acids is 2. The van der Waals surface area contributed by atoms with Gasteiger partial charge in [0.2, 0.25) is 5.91 Å². The number of hydrogen-bond donors (Lipinski definition) is 1. The van der Waals surface area contributed by atoms with Gasteiger partial charge < -0.3 is 9.84 Å². The van der Waals surface area contributed by atoms with Crippen molar-refractivity contribution < 1.29 is 24.2 Å². The number of benzene rings is 2. The number of aromatic carboxylic acids is 1. The maximum atomic E-state index is 13.0. The van der Waals surface area contributed by atoms with Gasteiger partial charge in [-0.15, -0.1) is 0 Å². The molecule has 0 aromatic heterocycles. The van der Waals surface area contributed by atoms with Crippen molar-refractivity contribution in [2.75, 3.05) is 11.5 Å². The molecule has 0 radical (unpaired) electrons. The monoisotopic (exact) mass is 351 g/mol. The first-order chi connectivity index (χ1) is 12.5. The molecule has 0 saturated carbocycles. The molecule has 0 atom stereocenters. The molecule has 0 unspecified atom stereocenters. The normalized spacial score (nSPS) is 14.8. The summed E-state index contributed by atoms with van der Waals surface area (Å²) in [6, 6.07) is 13.4. The molecule has 1 aliphatic rings. The van der Waals surface area contributed by atoms with Crippen molar-refractivity contribution in [1.82, 2.24) is 0 Å². The molecule has 2 amide bonds. The zero-order valence-electron chi connectivity index (χ0n) is 14.4. The molecule has 0 saturated heterocycles. The van der Waals surface area contributed by atoms with Gasteiger partial charge in [0.25, 0.3) is 5.91 Å². The smallest absolute Gasteiger partial charge is 0.335 e. The Morgan fingerprint density at radius 3 is 2.35 bits per heavy atom. The van der Waals surface area contributed by atoms with E-state index in [1.807, 2.05) is 30.3 Å². The fourth-order valence-electron chi connectivity index (χ4n) is 2.96. The van der Waals surface area contributed by atoms with Crippen LogP contribution in [0.4, 0.5) is 5.69 Å². The number of nitrogens with zero attached hydrogens (tertiary/aromatic N) is 1. The highest BCUT2D eigenvalue weighted by atomic mass is 16.5. The Bertz CT molecular complexity index is 930. The standard InChI is InChI=1S/C20H17NO5/c1-3-26-18(13-7-5-4-6-8-13)17-15-10-9-14(20(24)25)11-16(15)21(12(2)22)19(17)23/h4-11H,3H2,1-2H3,(H,24,25). The Hall–Kier alpha value is -3.41. The van der Waals surface area contributed by atoms with Gasteiger partial charge in [-0.05, 0) is 19.1 Å². The molecule has 1 aliphatic heterocycles. The van der Waals surface area contributed by atoms with Gasteiger partial charge in [-0.2, -0.15) is 0 Å². The third-order valence-corrected chi connectivity index (χ3v) is 4.04. The highest BCUT2D eigenvalue weighted by molar-refractivity contribution is 6.43. The number of anilines is 1. The van der Waals surface area contributed by atoms with E-state index in [1.54, 1.807) is 6.92 Å². The second-order valence-electron chi connectivity index (χ2n) is 5.70. The lowest BCUT2D eigenvalue weighted by molar-refractivity contribution is -0.122. The third-order valence-electron chi connectivity index (χ3n) is 4.04. The molecule has 3 rings (SSSR count). The first-order valence-corrected chi connectivity index (χ1v) is 8.11. The number of ether oxygens (including phenoxy) is 1. The molecule has 0 fully saturated rings. The lowest BCUT2D eigenvalue weighted by Crippen LogP contribution is -2.31.